The lowest BCUT2D eigenvalue weighted by atomic mass is 10.0. The summed E-state index contributed by atoms with van der Waals surface area (Å²) in [6, 6.07) is 4.16. The Morgan fingerprint density at radius 2 is 2.08 bits per heavy atom. The van der Waals surface area contributed by atoms with Gasteiger partial charge in [0.15, 0.2) is 0 Å². The topological polar surface area (TPSA) is 46.2 Å². The minimum absolute atomic E-state index is 0.273. The minimum Gasteiger partial charge on any atom is -0.387 e. The van der Waals surface area contributed by atoms with Gasteiger partial charge < -0.3 is 10.8 Å². The highest BCUT2D eigenvalue weighted by Gasteiger charge is 2.16. The molecular weight excluding hydrogens is 169 g/mol. The number of nitrogens with two attached hydrogens (primary N) is 1. The summed E-state index contributed by atoms with van der Waals surface area (Å²) in [5, 5.41) is 9.54. The quantitative estimate of drug-likeness (QED) is 0.730. The number of aliphatic hydroxyl groups excluding tert-OH is 1. The van der Waals surface area contributed by atoms with Gasteiger partial charge in [-0.2, -0.15) is 0 Å². The Hall–Kier alpha value is -0.930. The van der Waals surface area contributed by atoms with Crippen molar-refractivity contribution in [3.8, 4) is 0 Å². The number of hydrogen-bond acceptors (Lipinski definition) is 2. The van der Waals surface area contributed by atoms with Crippen molar-refractivity contribution in [1.82, 2.24) is 0 Å². The molecule has 0 fully saturated rings. The monoisotopic (exact) mass is 183 g/mol. The molecule has 2 nitrogen and oxygen atoms in total. The van der Waals surface area contributed by atoms with E-state index in [0.717, 1.165) is 5.56 Å². The molecule has 1 aromatic carbocycles. The molecule has 0 unspecified atom stereocenters. The molecule has 72 valence electrons. The minimum atomic E-state index is -0.931. The predicted octanol–water partition coefficient (Wildman–Crippen LogP) is 1.51. The Kier molecular flexibility index (Phi) is 3.01. The Morgan fingerprint density at radius 3 is 2.62 bits per heavy atom. The van der Waals surface area contributed by atoms with Crippen molar-refractivity contribution in [2.45, 2.75) is 26.0 Å². The van der Waals surface area contributed by atoms with Gasteiger partial charge in [0.1, 0.15) is 5.82 Å². The highest BCUT2D eigenvalue weighted by atomic mass is 19.1. The molecule has 0 aromatic heterocycles. The Balaban J connectivity index is 3.05. The second kappa shape index (κ2) is 3.85. The van der Waals surface area contributed by atoms with Gasteiger partial charge in [-0.3, -0.25) is 0 Å². The third-order valence-electron chi connectivity index (χ3n) is 1.97. The molecular formula is C10H14FNO. The first-order valence-corrected chi connectivity index (χ1v) is 4.22. The lowest BCUT2D eigenvalue weighted by Crippen LogP contribution is -2.25. The molecule has 0 heterocycles. The molecule has 0 saturated carbocycles. The number of aryl methyl sites for hydroxylation is 1. The molecule has 3 N–H and O–H groups in total. The molecule has 0 saturated heterocycles. The number of aliphatic hydroxyl groups is 1. The van der Waals surface area contributed by atoms with E-state index in [0.29, 0.717) is 0 Å². The molecule has 0 radical (unpaired) electrons. The largest absolute Gasteiger partial charge is 0.387 e. The molecule has 0 bridgehead atoms. The van der Waals surface area contributed by atoms with E-state index >= 15 is 0 Å². The second-order valence-corrected chi connectivity index (χ2v) is 3.33. The van der Waals surface area contributed by atoms with Crippen LogP contribution in [0.5, 0.6) is 0 Å². The zero-order valence-electron chi connectivity index (χ0n) is 7.79. The maximum atomic E-state index is 13.2. The molecule has 0 spiro atoms. The fourth-order valence-corrected chi connectivity index (χ4v) is 1.17. The van der Waals surface area contributed by atoms with Gasteiger partial charge in [-0.25, -0.2) is 4.39 Å². The van der Waals surface area contributed by atoms with Gasteiger partial charge in [-0.1, -0.05) is 17.7 Å². The second-order valence-electron chi connectivity index (χ2n) is 3.33. The zero-order valence-corrected chi connectivity index (χ0v) is 7.79. The summed E-state index contributed by atoms with van der Waals surface area (Å²) in [6.07, 6.45) is -0.931. The first-order chi connectivity index (χ1) is 6.02. The van der Waals surface area contributed by atoms with Gasteiger partial charge in [0, 0.05) is 11.6 Å². The summed E-state index contributed by atoms with van der Waals surface area (Å²) >= 11 is 0. The summed E-state index contributed by atoms with van der Waals surface area (Å²) < 4.78 is 13.2. The summed E-state index contributed by atoms with van der Waals surface area (Å²) in [7, 11) is 0. The number of halogens is 1. The van der Waals surface area contributed by atoms with E-state index in [1.54, 1.807) is 19.1 Å². The predicted molar refractivity (Wildman–Crippen MR) is 49.7 cm³/mol. The van der Waals surface area contributed by atoms with E-state index in [1.807, 2.05) is 6.92 Å². The van der Waals surface area contributed by atoms with Crippen LogP contribution in [0.25, 0.3) is 0 Å². The van der Waals surface area contributed by atoms with Gasteiger partial charge in [0.2, 0.25) is 0 Å². The maximum absolute atomic E-state index is 13.2. The smallest absolute Gasteiger partial charge is 0.129 e. The van der Waals surface area contributed by atoms with E-state index < -0.39 is 18.0 Å². The van der Waals surface area contributed by atoms with Crippen molar-refractivity contribution >= 4 is 0 Å². The normalized spacial score (nSPS) is 15.5. The van der Waals surface area contributed by atoms with Crippen molar-refractivity contribution in [1.29, 1.82) is 0 Å². The lowest BCUT2D eigenvalue weighted by Gasteiger charge is -2.15. The first kappa shape index (κ1) is 10.2. The van der Waals surface area contributed by atoms with Crippen LogP contribution in [0.1, 0.15) is 24.2 Å². The van der Waals surface area contributed by atoms with Crippen LogP contribution < -0.4 is 5.73 Å². The number of benzene rings is 1. The van der Waals surface area contributed by atoms with E-state index in [2.05, 4.69) is 0 Å². The molecule has 0 amide bonds. The fraction of sp³-hybridized carbons (Fsp3) is 0.400. The Bertz CT molecular complexity index is 299. The molecule has 0 aliphatic carbocycles. The van der Waals surface area contributed by atoms with Crippen LogP contribution in [0.2, 0.25) is 0 Å². The summed E-state index contributed by atoms with van der Waals surface area (Å²) in [6.45, 7) is 3.49. The van der Waals surface area contributed by atoms with Crippen LogP contribution in [0, 0.1) is 12.7 Å². The van der Waals surface area contributed by atoms with Gasteiger partial charge in [0.25, 0.3) is 0 Å². The summed E-state index contributed by atoms with van der Waals surface area (Å²) in [5.74, 6) is -0.407. The van der Waals surface area contributed by atoms with Crippen LogP contribution in [0.15, 0.2) is 18.2 Å². The SMILES string of the molecule is Cc1ccc(F)c([C@H](O)[C@@H](C)N)c1. The summed E-state index contributed by atoms with van der Waals surface area (Å²) in [5.41, 5.74) is 6.66. The van der Waals surface area contributed by atoms with Crippen LogP contribution >= 0.6 is 0 Å². The standard InChI is InChI=1S/C10H14FNO/c1-6-3-4-9(11)8(5-6)10(13)7(2)12/h3-5,7,10,13H,12H2,1-2H3/t7-,10-/m1/s1. The Labute approximate surface area is 77.2 Å². The van der Waals surface area contributed by atoms with Crippen LogP contribution in [0.3, 0.4) is 0 Å². The van der Waals surface area contributed by atoms with Gasteiger partial charge in [-0.05, 0) is 19.9 Å². The highest BCUT2D eigenvalue weighted by Crippen LogP contribution is 2.20. The molecule has 3 heteroatoms. The molecule has 0 aliphatic rings. The van der Waals surface area contributed by atoms with E-state index in [9.17, 15) is 9.50 Å². The van der Waals surface area contributed by atoms with Gasteiger partial charge >= 0.3 is 0 Å². The molecule has 1 rings (SSSR count). The third kappa shape index (κ3) is 2.26. The van der Waals surface area contributed by atoms with E-state index in [4.69, 9.17) is 5.73 Å². The van der Waals surface area contributed by atoms with Crippen LogP contribution in [-0.4, -0.2) is 11.1 Å². The van der Waals surface area contributed by atoms with Crippen LogP contribution in [-0.2, 0) is 0 Å². The zero-order chi connectivity index (χ0) is 10.0. The number of rotatable bonds is 2. The van der Waals surface area contributed by atoms with Crippen molar-refractivity contribution in [2.24, 2.45) is 5.73 Å². The summed E-state index contributed by atoms with van der Waals surface area (Å²) in [4.78, 5) is 0. The average Bonchev–Trinajstić information content (AvgIpc) is 2.08. The maximum Gasteiger partial charge on any atom is 0.129 e. The average molecular weight is 183 g/mol. The third-order valence-corrected chi connectivity index (χ3v) is 1.97. The van der Waals surface area contributed by atoms with E-state index in [-0.39, 0.29) is 5.56 Å². The molecule has 2 atom stereocenters. The fourth-order valence-electron chi connectivity index (χ4n) is 1.17. The van der Waals surface area contributed by atoms with Gasteiger partial charge in [0.05, 0.1) is 6.10 Å². The molecule has 13 heavy (non-hydrogen) atoms. The molecule has 1 aromatic rings. The van der Waals surface area contributed by atoms with Crippen molar-refractivity contribution in [3.63, 3.8) is 0 Å². The van der Waals surface area contributed by atoms with Gasteiger partial charge in [-0.15, -0.1) is 0 Å². The first-order valence-electron chi connectivity index (χ1n) is 4.22. The molecule has 0 aliphatic heterocycles. The van der Waals surface area contributed by atoms with Crippen molar-refractivity contribution in [2.75, 3.05) is 0 Å². The number of hydrogen-bond donors (Lipinski definition) is 2. The Morgan fingerprint density at radius 1 is 1.46 bits per heavy atom. The van der Waals surface area contributed by atoms with Crippen molar-refractivity contribution < 1.29 is 9.50 Å². The van der Waals surface area contributed by atoms with Crippen LogP contribution in [0.4, 0.5) is 4.39 Å². The lowest BCUT2D eigenvalue weighted by molar-refractivity contribution is 0.149. The van der Waals surface area contributed by atoms with Crippen molar-refractivity contribution in [3.05, 3.63) is 35.1 Å². The van der Waals surface area contributed by atoms with E-state index in [1.165, 1.54) is 6.07 Å². The highest BCUT2D eigenvalue weighted by molar-refractivity contribution is 5.26.